The van der Waals surface area contributed by atoms with Gasteiger partial charge in [-0.2, -0.15) is 0 Å². The van der Waals surface area contributed by atoms with Crippen LogP contribution in [0.5, 0.6) is 0 Å². The SMILES string of the molecule is CCC(=O)NC(=CN1CCCC1c1ncc(-c2ccc(-c3ccc4cc(-c5cnc(C6CCCN6C(=O)C(NC(=O)O)C(C)C)[nH]5)ccc4c3)cc2)[nH]1)c1ccccc1. The van der Waals surface area contributed by atoms with Crippen LogP contribution in [0.1, 0.15) is 82.2 Å². The third-order valence-electron chi connectivity index (χ3n) is 11.5. The Morgan fingerprint density at radius 3 is 2.05 bits per heavy atom. The van der Waals surface area contributed by atoms with E-state index in [4.69, 9.17) is 4.98 Å². The third-order valence-corrected chi connectivity index (χ3v) is 11.5. The Morgan fingerprint density at radius 1 is 0.780 bits per heavy atom. The Bertz CT molecular complexity index is 2490. The zero-order valence-corrected chi connectivity index (χ0v) is 33.6. The lowest BCUT2D eigenvalue weighted by atomic mass is 9.98. The van der Waals surface area contributed by atoms with Gasteiger partial charge in [0.05, 0.1) is 41.6 Å². The van der Waals surface area contributed by atoms with Crippen molar-refractivity contribution in [2.24, 2.45) is 5.92 Å². The summed E-state index contributed by atoms with van der Waals surface area (Å²) in [6.07, 6.45) is 8.58. The second-order valence-corrected chi connectivity index (χ2v) is 15.8. The quantitative estimate of drug-likeness (QED) is 0.0828. The predicted molar refractivity (Wildman–Crippen MR) is 230 cm³/mol. The molecule has 4 aromatic carbocycles. The Kier molecular flexibility index (Phi) is 11.3. The van der Waals surface area contributed by atoms with Crippen molar-refractivity contribution in [3.05, 3.63) is 127 Å². The molecule has 0 saturated carbocycles. The maximum Gasteiger partial charge on any atom is 0.405 e. The molecule has 0 spiro atoms. The first kappa shape index (κ1) is 39.2. The average molecular weight is 791 g/mol. The normalized spacial score (nSPS) is 17.5. The number of aromatic nitrogens is 4. The Labute approximate surface area is 343 Å². The van der Waals surface area contributed by atoms with Gasteiger partial charge in [-0.05, 0) is 76.8 Å². The molecular formula is C47H50N8O4. The molecule has 59 heavy (non-hydrogen) atoms. The van der Waals surface area contributed by atoms with Gasteiger partial charge >= 0.3 is 6.09 Å². The third kappa shape index (κ3) is 8.48. The van der Waals surface area contributed by atoms with Crippen molar-refractivity contribution >= 4 is 34.4 Å². The summed E-state index contributed by atoms with van der Waals surface area (Å²) in [4.78, 5) is 57.8. The van der Waals surface area contributed by atoms with Gasteiger partial charge in [-0.3, -0.25) is 9.59 Å². The van der Waals surface area contributed by atoms with E-state index in [2.05, 4.69) is 97.3 Å². The Hall–Kier alpha value is -6.69. The molecular weight excluding hydrogens is 741 g/mol. The molecule has 2 fully saturated rings. The fourth-order valence-electron chi connectivity index (χ4n) is 8.32. The summed E-state index contributed by atoms with van der Waals surface area (Å²) >= 11 is 0. The second-order valence-electron chi connectivity index (χ2n) is 15.8. The molecule has 4 heterocycles. The summed E-state index contributed by atoms with van der Waals surface area (Å²) in [5.41, 5.74) is 7.87. The van der Waals surface area contributed by atoms with Gasteiger partial charge in [0, 0.05) is 31.3 Å². The van der Waals surface area contributed by atoms with Crippen molar-refractivity contribution in [2.45, 2.75) is 71.0 Å². The highest BCUT2D eigenvalue weighted by Gasteiger charge is 2.37. The predicted octanol–water partition coefficient (Wildman–Crippen LogP) is 8.90. The van der Waals surface area contributed by atoms with Crippen LogP contribution in [0.25, 0.3) is 50.1 Å². The zero-order chi connectivity index (χ0) is 41.0. The highest BCUT2D eigenvalue weighted by atomic mass is 16.4. The lowest BCUT2D eigenvalue weighted by Gasteiger charge is -2.29. The molecule has 302 valence electrons. The van der Waals surface area contributed by atoms with E-state index in [0.717, 1.165) is 93.7 Å². The molecule has 2 aromatic heterocycles. The minimum atomic E-state index is -1.20. The summed E-state index contributed by atoms with van der Waals surface area (Å²) in [5, 5.41) is 17.0. The number of amides is 3. The number of fused-ring (bicyclic) bond motifs is 1. The number of imidazole rings is 2. The summed E-state index contributed by atoms with van der Waals surface area (Å²) in [6, 6.07) is 30.4. The molecule has 3 amide bonds. The summed E-state index contributed by atoms with van der Waals surface area (Å²) in [6.45, 7) is 6.98. The summed E-state index contributed by atoms with van der Waals surface area (Å²) in [7, 11) is 0. The molecule has 2 aliphatic heterocycles. The molecule has 0 aliphatic carbocycles. The van der Waals surface area contributed by atoms with Crippen LogP contribution in [0.3, 0.4) is 0 Å². The van der Waals surface area contributed by atoms with Crippen LogP contribution in [0.4, 0.5) is 4.79 Å². The van der Waals surface area contributed by atoms with E-state index in [9.17, 15) is 19.5 Å². The van der Waals surface area contributed by atoms with Gasteiger partial charge in [-0.1, -0.05) is 99.6 Å². The summed E-state index contributed by atoms with van der Waals surface area (Å²) < 4.78 is 0. The average Bonchev–Trinajstić information content (AvgIpc) is 4.10. The maximum atomic E-state index is 13.4. The van der Waals surface area contributed by atoms with Gasteiger partial charge in [-0.25, -0.2) is 14.8 Å². The highest BCUT2D eigenvalue weighted by Crippen LogP contribution is 2.36. The topological polar surface area (TPSA) is 159 Å². The van der Waals surface area contributed by atoms with Crippen molar-refractivity contribution < 1.29 is 19.5 Å². The first-order chi connectivity index (χ1) is 28.6. The van der Waals surface area contributed by atoms with E-state index >= 15 is 0 Å². The molecule has 8 rings (SSSR count). The molecule has 0 bridgehead atoms. The lowest BCUT2D eigenvalue weighted by molar-refractivity contribution is -0.135. The molecule has 2 aliphatic rings. The summed E-state index contributed by atoms with van der Waals surface area (Å²) in [5.74, 6) is 1.20. The number of hydrogen-bond donors (Lipinski definition) is 5. The Morgan fingerprint density at radius 2 is 1.37 bits per heavy atom. The van der Waals surface area contributed by atoms with Crippen molar-refractivity contribution in [1.82, 2.24) is 40.4 Å². The van der Waals surface area contributed by atoms with Gasteiger partial charge in [0.2, 0.25) is 11.8 Å². The number of rotatable bonds is 12. The van der Waals surface area contributed by atoms with Crippen molar-refractivity contribution in [3.8, 4) is 33.6 Å². The Balaban J connectivity index is 0.950. The monoisotopic (exact) mass is 790 g/mol. The number of carboxylic acid groups (broad SMARTS) is 1. The van der Waals surface area contributed by atoms with Crippen molar-refractivity contribution in [2.75, 3.05) is 13.1 Å². The van der Waals surface area contributed by atoms with Crippen LogP contribution in [0.2, 0.25) is 0 Å². The van der Waals surface area contributed by atoms with E-state index in [1.54, 1.807) is 4.90 Å². The first-order valence-corrected chi connectivity index (χ1v) is 20.5. The fraction of sp³-hybridized carbons (Fsp3) is 0.298. The molecule has 5 N–H and O–H groups in total. The fourth-order valence-corrected chi connectivity index (χ4v) is 8.32. The zero-order valence-electron chi connectivity index (χ0n) is 33.6. The van der Waals surface area contributed by atoms with Gasteiger partial charge in [0.1, 0.15) is 17.7 Å². The number of carbonyl (C=O) groups is 3. The molecule has 3 unspecified atom stereocenters. The number of likely N-dealkylation sites (tertiary alicyclic amines) is 2. The number of nitrogens with zero attached hydrogens (tertiary/aromatic N) is 4. The first-order valence-electron chi connectivity index (χ1n) is 20.5. The van der Waals surface area contributed by atoms with Gasteiger partial charge in [0.25, 0.3) is 0 Å². The van der Waals surface area contributed by atoms with Crippen LogP contribution in [0, 0.1) is 5.92 Å². The molecule has 6 aromatic rings. The van der Waals surface area contributed by atoms with Crippen LogP contribution >= 0.6 is 0 Å². The molecule has 2 saturated heterocycles. The van der Waals surface area contributed by atoms with E-state index in [1.165, 1.54) is 0 Å². The smallest absolute Gasteiger partial charge is 0.405 e. The number of H-pyrrole nitrogens is 2. The number of aromatic amines is 2. The largest absolute Gasteiger partial charge is 0.465 e. The van der Waals surface area contributed by atoms with E-state index in [0.29, 0.717) is 18.8 Å². The van der Waals surface area contributed by atoms with Crippen LogP contribution in [-0.4, -0.2) is 71.9 Å². The number of carbonyl (C=O) groups excluding carboxylic acids is 2. The van der Waals surface area contributed by atoms with E-state index in [-0.39, 0.29) is 29.8 Å². The minimum absolute atomic E-state index is 0.0164. The van der Waals surface area contributed by atoms with Crippen LogP contribution in [-0.2, 0) is 9.59 Å². The van der Waals surface area contributed by atoms with Gasteiger partial charge in [0.15, 0.2) is 0 Å². The van der Waals surface area contributed by atoms with E-state index in [1.807, 2.05) is 63.5 Å². The lowest BCUT2D eigenvalue weighted by Crippen LogP contribution is -2.50. The van der Waals surface area contributed by atoms with Crippen LogP contribution < -0.4 is 10.6 Å². The van der Waals surface area contributed by atoms with Crippen molar-refractivity contribution in [3.63, 3.8) is 0 Å². The maximum absolute atomic E-state index is 13.4. The number of benzene rings is 4. The van der Waals surface area contributed by atoms with Gasteiger partial charge in [-0.15, -0.1) is 0 Å². The number of nitrogens with one attached hydrogen (secondary N) is 4. The van der Waals surface area contributed by atoms with Crippen LogP contribution in [0.15, 0.2) is 110 Å². The number of hydrogen-bond acceptors (Lipinski definition) is 6. The van der Waals surface area contributed by atoms with E-state index < -0.39 is 12.1 Å². The highest BCUT2D eigenvalue weighted by molar-refractivity contribution is 5.91. The molecule has 12 heteroatoms. The molecule has 0 radical (unpaired) electrons. The molecule has 3 atom stereocenters. The van der Waals surface area contributed by atoms with Gasteiger partial charge < -0.3 is 35.5 Å². The standard InChI is InChI=1S/C47H50N8O4/c1-4-42(56)50-39(31-10-6-5-7-11-31)28-54-22-8-12-40(54)44-48-26-37(51-44)32-16-14-30(15-17-32)33-18-19-35-25-36(21-20-34(35)24-33)38-27-49-45(52-38)41-13-9-23-55(41)46(57)43(29(2)3)53-47(58)59/h5-7,10-11,14-21,24-29,40-41,43,53H,4,8-9,12-13,22-23H2,1-3H3,(H,48,51)(H,49,52)(H,50,56)(H,58,59). The van der Waals surface area contributed by atoms with Crippen molar-refractivity contribution in [1.29, 1.82) is 0 Å². The minimum Gasteiger partial charge on any atom is -0.465 e. The molecule has 12 nitrogen and oxygen atoms in total. The second kappa shape index (κ2) is 17.0.